The monoisotopic (exact) mass is 585 g/mol. The van der Waals surface area contributed by atoms with E-state index in [1.54, 1.807) is 63.1 Å². The summed E-state index contributed by atoms with van der Waals surface area (Å²) in [6, 6.07) is 21.4. The third kappa shape index (κ3) is 9.46. The van der Waals surface area contributed by atoms with Crippen molar-refractivity contribution >= 4 is 29.7 Å². The molecule has 228 valence electrons. The Balaban J connectivity index is 2.09. The van der Waals surface area contributed by atoms with Crippen LogP contribution in [-0.4, -0.2) is 47.6 Å². The van der Waals surface area contributed by atoms with Crippen LogP contribution >= 0.6 is 0 Å². The minimum atomic E-state index is -1.01. The quantitative estimate of drug-likeness (QED) is 0.244. The highest BCUT2D eigenvalue weighted by atomic mass is 16.6. The van der Waals surface area contributed by atoms with E-state index in [9.17, 15) is 14.4 Å². The van der Waals surface area contributed by atoms with Crippen LogP contribution in [0.25, 0.3) is 6.08 Å². The van der Waals surface area contributed by atoms with E-state index in [4.69, 9.17) is 9.47 Å². The molecule has 3 rings (SSSR count). The van der Waals surface area contributed by atoms with Crippen molar-refractivity contribution in [1.29, 1.82) is 0 Å². The second-order valence-corrected chi connectivity index (χ2v) is 11.4. The Morgan fingerprint density at radius 2 is 1.65 bits per heavy atom. The molecule has 0 aliphatic rings. The van der Waals surface area contributed by atoms with Gasteiger partial charge in [-0.3, -0.25) is 9.59 Å². The number of amides is 3. The Hall–Kier alpha value is -4.59. The Morgan fingerprint density at radius 1 is 0.977 bits per heavy atom. The summed E-state index contributed by atoms with van der Waals surface area (Å²) in [5, 5.41) is 5.78. The highest BCUT2D eigenvalue weighted by Gasteiger charge is 2.38. The zero-order valence-corrected chi connectivity index (χ0v) is 25.9. The number of nitrogens with zero attached hydrogens (tertiary/aromatic N) is 1. The van der Waals surface area contributed by atoms with Crippen LogP contribution in [0, 0.1) is 0 Å². The largest absolute Gasteiger partial charge is 0.497 e. The van der Waals surface area contributed by atoms with Crippen LogP contribution in [0.5, 0.6) is 5.75 Å². The number of anilines is 1. The van der Waals surface area contributed by atoms with Gasteiger partial charge >= 0.3 is 6.09 Å². The van der Waals surface area contributed by atoms with E-state index in [0.717, 1.165) is 11.1 Å². The van der Waals surface area contributed by atoms with E-state index >= 15 is 0 Å². The molecule has 3 unspecified atom stereocenters. The molecule has 0 saturated carbocycles. The molecular weight excluding hydrogens is 542 g/mol. The van der Waals surface area contributed by atoms with E-state index in [1.165, 1.54) is 0 Å². The Labute approximate surface area is 255 Å². The first-order valence-electron chi connectivity index (χ1n) is 14.5. The highest BCUT2D eigenvalue weighted by Crippen LogP contribution is 2.29. The molecule has 0 heterocycles. The molecule has 0 bridgehead atoms. The van der Waals surface area contributed by atoms with Crippen LogP contribution in [0.15, 0.2) is 85.4 Å². The predicted octanol–water partition coefficient (Wildman–Crippen LogP) is 6.78. The molecule has 0 aromatic heterocycles. The standard InChI is InChI=1S/C35H43N3O5/c1-8-24(3)38(33(40)30(23-26-14-11-10-12-15-26)37-34(41)43-35(4,5)6)31(27-17-13-16-25(9-2)22-27)32(39)36-28-18-20-29(42-7)21-19-28/h9-22,24,30-31H,2,8,23H2,1,3-7H3,(H,36,39)(H,37,41). The van der Waals surface area contributed by atoms with E-state index in [2.05, 4.69) is 17.2 Å². The van der Waals surface area contributed by atoms with Crippen LogP contribution < -0.4 is 15.4 Å². The maximum atomic E-state index is 14.6. The molecule has 3 amide bonds. The summed E-state index contributed by atoms with van der Waals surface area (Å²) in [6.45, 7) is 13.0. The SMILES string of the molecule is C=Cc1cccc(C(C(=O)Nc2ccc(OC)cc2)N(C(=O)C(Cc2ccccc2)NC(=O)OC(C)(C)C)C(C)CC)c1. The van der Waals surface area contributed by atoms with E-state index in [0.29, 0.717) is 23.4 Å². The minimum Gasteiger partial charge on any atom is -0.497 e. The molecule has 0 radical (unpaired) electrons. The van der Waals surface area contributed by atoms with E-state index in [-0.39, 0.29) is 12.5 Å². The molecular formula is C35H43N3O5. The second-order valence-electron chi connectivity index (χ2n) is 11.4. The summed E-state index contributed by atoms with van der Waals surface area (Å²) in [6.07, 6.45) is 1.77. The number of hydrogen-bond acceptors (Lipinski definition) is 5. The summed E-state index contributed by atoms with van der Waals surface area (Å²) in [4.78, 5) is 43.3. The minimum absolute atomic E-state index is 0.214. The lowest BCUT2D eigenvalue weighted by Gasteiger charge is -2.38. The summed E-state index contributed by atoms with van der Waals surface area (Å²) >= 11 is 0. The number of carbonyl (C=O) groups is 3. The maximum absolute atomic E-state index is 14.6. The van der Waals surface area contributed by atoms with Gasteiger partial charge in [0.05, 0.1) is 7.11 Å². The number of rotatable bonds is 12. The molecule has 0 aliphatic carbocycles. The molecule has 8 nitrogen and oxygen atoms in total. The first-order valence-corrected chi connectivity index (χ1v) is 14.5. The molecule has 0 spiro atoms. The van der Waals surface area contributed by atoms with Crippen molar-refractivity contribution in [2.24, 2.45) is 0 Å². The van der Waals surface area contributed by atoms with Gasteiger partial charge in [0.1, 0.15) is 23.4 Å². The number of ether oxygens (including phenoxy) is 2. The molecule has 43 heavy (non-hydrogen) atoms. The number of benzene rings is 3. The molecule has 2 N–H and O–H groups in total. The lowest BCUT2D eigenvalue weighted by Crippen LogP contribution is -2.55. The molecule has 3 aromatic rings. The van der Waals surface area contributed by atoms with Gasteiger partial charge in [-0.15, -0.1) is 0 Å². The Morgan fingerprint density at radius 3 is 2.23 bits per heavy atom. The molecule has 8 heteroatoms. The lowest BCUT2D eigenvalue weighted by atomic mass is 9.96. The van der Waals surface area contributed by atoms with Gasteiger partial charge in [-0.2, -0.15) is 0 Å². The van der Waals surface area contributed by atoms with E-state index in [1.807, 2.05) is 68.4 Å². The smallest absolute Gasteiger partial charge is 0.408 e. The number of nitrogens with one attached hydrogen (secondary N) is 2. The van der Waals surface area contributed by atoms with Crippen molar-refractivity contribution in [3.63, 3.8) is 0 Å². The van der Waals surface area contributed by atoms with E-state index < -0.39 is 35.6 Å². The van der Waals surface area contributed by atoms with Gasteiger partial charge in [0, 0.05) is 18.2 Å². The molecule has 0 aliphatic heterocycles. The third-order valence-electron chi connectivity index (χ3n) is 6.94. The number of alkyl carbamates (subject to hydrolysis) is 1. The van der Waals surface area contributed by atoms with Gasteiger partial charge < -0.3 is 25.0 Å². The lowest BCUT2D eigenvalue weighted by molar-refractivity contribution is -0.143. The van der Waals surface area contributed by atoms with Gasteiger partial charge in [0.25, 0.3) is 5.91 Å². The Kier molecular flexibility index (Phi) is 11.5. The van der Waals surface area contributed by atoms with Gasteiger partial charge in [0.2, 0.25) is 5.91 Å². The van der Waals surface area contributed by atoms with Crippen LogP contribution in [-0.2, 0) is 20.7 Å². The zero-order valence-electron chi connectivity index (χ0n) is 25.9. The van der Waals surface area contributed by atoms with Gasteiger partial charge in [-0.1, -0.05) is 68.1 Å². The second kappa shape index (κ2) is 15.0. The van der Waals surface area contributed by atoms with Gasteiger partial charge in [-0.25, -0.2) is 4.79 Å². The average molecular weight is 586 g/mol. The predicted molar refractivity (Wildman–Crippen MR) is 171 cm³/mol. The summed E-state index contributed by atoms with van der Waals surface area (Å²) in [5.74, 6) is -0.139. The van der Waals surface area contributed by atoms with Crippen molar-refractivity contribution in [3.05, 3.63) is 102 Å². The van der Waals surface area contributed by atoms with Crippen molar-refractivity contribution in [3.8, 4) is 5.75 Å². The number of hydrogen-bond donors (Lipinski definition) is 2. The van der Waals surface area contributed by atoms with Gasteiger partial charge in [-0.05, 0) is 81.1 Å². The fourth-order valence-corrected chi connectivity index (χ4v) is 4.65. The highest BCUT2D eigenvalue weighted by molar-refractivity contribution is 5.99. The third-order valence-corrected chi connectivity index (χ3v) is 6.94. The van der Waals surface area contributed by atoms with Crippen molar-refractivity contribution in [2.45, 2.75) is 71.2 Å². The van der Waals surface area contributed by atoms with Crippen LogP contribution in [0.1, 0.15) is 63.8 Å². The molecule has 3 atom stereocenters. The molecule has 3 aromatic carbocycles. The zero-order chi connectivity index (χ0) is 31.6. The van der Waals surface area contributed by atoms with Gasteiger partial charge in [0.15, 0.2) is 0 Å². The average Bonchev–Trinajstić information content (AvgIpc) is 2.98. The fraction of sp³-hybridized carbons (Fsp3) is 0.343. The molecule has 0 fully saturated rings. The van der Waals surface area contributed by atoms with Crippen molar-refractivity contribution in [1.82, 2.24) is 10.2 Å². The maximum Gasteiger partial charge on any atom is 0.408 e. The number of methoxy groups -OCH3 is 1. The Bertz CT molecular complexity index is 1380. The van der Waals surface area contributed by atoms with Crippen LogP contribution in [0.2, 0.25) is 0 Å². The first-order chi connectivity index (χ1) is 20.4. The van der Waals surface area contributed by atoms with Crippen LogP contribution in [0.4, 0.5) is 10.5 Å². The van der Waals surface area contributed by atoms with Crippen molar-refractivity contribution < 1.29 is 23.9 Å². The fourth-order valence-electron chi connectivity index (χ4n) is 4.65. The summed E-state index contributed by atoms with van der Waals surface area (Å²) in [5.41, 5.74) is 2.08. The molecule has 0 saturated heterocycles. The summed E-state index contributed by atoms with van der Waals surface area (Å²) in [7, 11) is 1.57. The normalized spacial score (nSPS) is 13.2. The van der Waals surface area contributed by atoms with Crippen LogP contribution in [0.3, 0.4) is 0 Å². The topological polar surface area (TPSA) is 97.0 Å². The van der Waals surface area contributed by atoms with Crippen molar-refractivity contribution in [2.75, 3.05) is 12.4 Å². The number of carbonyl (C=O) groups excluding carboxylic acids is 3. The summed E-state index contributed by atoms with van der Waals surface area (Å²) < 4.78 is 10.8. The first kappa shape index (κ1) is 32.9.